The summed E-state index contributed by atoms with van der Waals surface area (Å²) in [5.74, 6) is 0.702. The van der Waals surface area contributed by atoms with Gasteiger partial charge in [0.25, 0.3) is 0 Å². The lowest BCUT2D eigenvalue weighted by Crippen LogP contribution is -2.22. The van der Waals surface area contributed by atoms with E-state index in [0.717, 1.165) is 30.6 Å². The Morgan fingerprint density at radius 1 is 1.39 bits per heavy atom. The molecule has 0 N–H and O–H groups in total. The average molecular weight is 243 g/mol. The van der Waals surface area contributed by atoms with Gasteiger partial charge in [0.05, 0.1) is 6.07 Å². The molecule has 4 heteroatoms. The smallest absolute Gasteiger partial charge is 0.192 e. The van der Waals surface area contributed by atoms with E-state index in [9.17, 15) is 0 Å². The van der Waals surface area contributed by atoms with Gasteiger partial charge >= 0.3 is 0 Å². The largest absolute Gasteiger partial charge is 0.441 e. The van der Waals surface area contributed by atoms with Gasteiger partial charge in [-0.25, -0.2) is 4.98 Å². The number of benzene rings is 1. The number of oxazole rings is 1. The molecule has 1 heterocycles. The zero-order valence-corrected chi connectivity index (χ0v) is 10.8. The zero-order chi connectivity index (χ0) is 13.0. The molecule has 2 rings (SSSR count). The summed E-state index contributed by atoms with van der Waals surface area (Å²) in [4.78, 5) is 6.50. The lowest BCUT2D eigenvalue weighted by atomic mass is 10.1. The van der Waals surface area contributed by atoms with Crippen LogP contribution in [0.1, 0.15) is 17.9 Å². The van der Waals surface area contributed by atoms with E-state index in [2.05, 4.69) is 28.1 Å². The minimum atomic E-state index is 0.581. The van der Waals surface area contributed by atoms with Gasteiger partial charge in [-0.1, -0.05) is 6.07 Å². The molecule has 1 aromatic heterocycles. The molecule has 0 fully saturated rings. The highest BCUT2D eigenvalue weighted by Gasteiger charge is 2.04. The summed E-state index contributed by atoms with van der Waals surface area (Å²) in [6.45, 7) is 3.63. The van der Waals surface area contributed by atoms with Gasteiger partial charge in [0.15, 0.2) is 11.5 Å². The maximum absolute atomic E-state index is 8.53. The molecule has 0 saturated carbocycles. The van der Waals surface area contributed by atoms with Crippen LogP contribution in [0.25, 0.3) is 11.1 Å². The average Bonchev–Trinajstić information content (AvgIpc) is 2.73. The van der Waals surface area contributed by atoms with E-state index in [0.29, 0.717) is 12.3 Å². The number of aryl methyl sites for hydroxylation is 1. The van der Waals surface area contributed by atoms with Crippen molar-refractivity contribution >= 4 is 11.1 Å². The Hall–Kier alpha value is -1.86. The van der Waals surface area contributed by atoms with Crippen LogP contribution in [0, 0.1) is 18.3 Å². The van der Waals surface area contributed by atoms with Crippen LogP contribution in [0.3, 0.4) is 0 Å². The number of likely N-dealkylation sites (N-methyl/N-ethyl adjacent to an activating group) is 1. The normalized spacial score (nSPS) is 11.0. The number of hydrogen-bond donors (Lipinski definition) is 0. The molecular weight excluding hydrogens is 226 g/mol. The van der Waals surface area contributed by atoms with Gasteiger partial charge in [0.1, 0.15) is 5.52 Å². The van der Waals surface area contributed by atoms with E-state index in [1.165, 1.54) is 5.56 Å². The van der Waals surface area contributed by atoms with Crippen molar-refractivity contribution in [3.63, 3.8) is 0 Å². The molecular formula is C14H17N3O. The lowest BCUT2D eigenvalue weighted by molar-refractivity contribution is 0.346. The van der Waals surface area contributed by atoms with Gasteiger partial charge in [0.2, 0.25) is 0 Å². The van der Waals surface area contributed by atoms with Gasteiger partial charge in [0, 0.05) is 26.4 Å². The summed E-state index contributed by atoms with van der Waals surface area (Å²) >= 11 is 0. The summed E-state index contributed by atoms with van der Waals surface area (Å²) < 4.78 is 5.44. The molecule has 2 aromatic rings. The van der Waals surface area contributed by atoms with Crippen molar-refractivity contribution in [2.45, 2.75) is 19.8 Å². The van der Waals surface area contributed by atoms with Crippen molar-refractivity contribution in [3.8, 4) is 6.07 Å². The molecule has 0 aliphatic rings. The molecule has 0 aliphatic heterocycles. The lowest BCUT2D eigenvalue weighted by Gasteiger charge is -2.14. The van der Waals surface area contributed by atoms with E-state index in [4.69, 9.17) is 9.68 Å². The summed E-state index contributed by atoms with van der Waals surface area (Å²) in [5.41, 5.74) is 3.01. The fourth-order valence-corrected chi connectivity index (χ4v) is 1.92. The van der Waals surface area contributed by atoms with Gasteiger partial charge in [-0.2, -0.15) is 5.26 Å². The standard InChI is InChI=1S/C14H17N3O/c1-11-16-13-10-12(4-5-14(13)18-11)6-9-17(2)8-3-7-15/h4-5,10H,3,6,8-9H2,1-2H3. The van der Waals surface area contributed by atoms with Crippen molar-refractivity contribution in [1.29, 1.82) is 5.26 Å². The molecule has 94 valence electrons. The highest BCUT2D eigenvalue weighted by atomic mass is 16.3. The fraction of sp³-hybridized carbons (Fsp3) is 0.429. The highest BCUT2D eigenvalue weighted by molar-refractivity contribution is 5.73. The third-order valence-corrected chi connectivity index (χ3v) is 2.95. The molecule has 0 unspecified atom stereocenters. The van der Waals surface area contributed by atoms with E-state index in [-0.39, 0.29) is 0 Å². The quantitative estimate of drug-likeness (QED) is 0.809. The second-order valence-electron chi connectivity index (χ2n) is 4.50. The Kier molecular flexibility index (Phi) is 3.96. The first-order valence-corrected chi connectivity index (χ1v) is 6.10. The minimum absolute atomic E-state index is 0.581. The number of nitriles is 1. The van der Waals surface area contributed by atoms with E-state index >= 15 is 0 Å². The van der Waals surface area contributed by atoms with E-state index in [1.54, 1.807) is 0 Å². The molecule has 0 aliphatic carbocycles. The zero-order valence-electron chi connectivity index (χ0n) is 10.8. The van der Waals surface area contributed by atoms with Crippen molar-refractivity contribution in [2.75, 3.05) is 20.1 Å². The second-order valence-corrected chi connectivity index (χ2v) is 4.50. The maximum atomic E-state index is 8.53. The first kappa shape index (κ1) is 12.6. The van der Waals surface area contributed by atoms with Crippen LogP contribution >= 0.6 is 0 Å². The van der Waals surface area contributed by atoms with Crippen molar-refractivity contribution in [1.82, 2.24) is 9.88 Å². The highest BCUT2D eigenvalue weighted by Crippen LogP contribution is 2.17. The topological polar surface area (TPSA) is 53.1 Å². The Morgan fingerprint density at radius 3 is 3.00 bits per heavy atom. The molecule has 1 aromatic carbocycles. The molecule has 0 amide bonds. The number of aromatic nitrogens is 1. The van der Waals surface area contributed by atoms with Crippen molar-refractivity contribution in [2.24, 2.45) is 0 Å². The predicted octanol–water partition coefficient (Wildman–Crippen LogP) is 2.52. The van der Waals surface area contributed by atoms with Crippen LogP contribution in [0.2, 0.25) is 0 Å². The summed E-state index contributed by atoms with van der Waals surface area (Å²) in [7, 11) is 2.04. The Morgan fingerprint density at radius 2 is 2.22 bits per heavy atom. The van der Waals surface area contributed by atoms with Gasteiger partial charge in [-0.05, 0) is 31.2 Å². The van der Waals surface area contributed by atoms with Crippen LogP contribution in [0.15, 0.2) is 22.6 Å². The summed E-state index contributed by atoms with van der Waals surface area (Å²) in [6.07, 6.45) is 1.54. The van der Waals surface area contributed by atoms with Gasteiger partial charge in [-0.15, -0.1) is 0 Å². The monoisotopic (exact) mass is 243 g/mol. The molecule has 18 heavy (non-hydrogen) atoms. The van der Waals surface area contributed by atoms with Crippen molar-refractivity contribution in [3.05, 3.63) is 29.7 Å². The summed E-state index contributed by atoms with van der Waals surface area (Å²) in [6, 6.07) is 8.28. The number of hydrogen-bond acceptors (Lipinski definition) is 4. The molecule has 0 atom stereocenters. The Bertz CT molecular complexity index is 568. The fourth-order valence-electron chi connectivity index (χ4n) is 1.92. The minimum Gasteiger partial charge on any atom is -0.441 e. The third-order valence-electron chi connectivity index (χ3n) is 2.95. The van der Waals surface area contributed by atoms with Gasteiger partial charge < -0.3 is 9.32 Å². The first-order valence-electron chi connectivity index (χ1n) is 6.10. The van der Waals surface area contributed by atoms with Crippen LogP contribution in [-0.2, 0) is 6.42 Å². The number of rotatable bonds is 5. The SMILES string of the molecule is Cc1nc2cc(CCN(C)CCC#N)ccc2o1. The van der Waals surface area contributed by atoms with Crippen LogP contribution in [-0.4, -0.2) is 30.0 Å². The number of fused-ring (bicyclic) bond motifs is 1. The molecule has 0 radical (unpaired) electrons. The van der Waals surface area contributed by atoms with Crippen molar-refractivity contribution < 1.29 is 4.42 Å². The molecule has 0 bridgehead atoms. The number of nitrogens with zero attached hydrogens (tertiary/aromatic N) is 3. The van der Waals surface area contributed by atoms with E-state index < -0.39 is 0 Å². The molecule has 0 saturated heterocycles. The Balaban J connectivity index is 1.97. The summed E-state index contributed by atoms with van der Waals surface area (Å²) in [5, 5.41) is 8.53. The Labute approximate surface area is 107 Å². The van der Waals surface area contributed by atoms with Gasteiger partial charge in [-0.3, -0.25) is 0 Å². The van der Waals surface area contributed by atoms with E-state index in [1.807, 2.05) is 20.0 Å². The van der Waals surface area contributed by atoms with Crippen LogP contribution < -0.4 is 0 Å². The third kappa shape index (κ3) is 3.08. The van der Waals surface area contributed by atoms with Crippen LogP contribution in [0.4, 0.5) is 0 Å². The maximum Gasteiger partial charge on any atom is 0.192 e. The second kappa shape index (κ2) is 5.65. The molecule has 4 nitrogen and oxygen atoms in total. The van der Waals surface area contributed by atoms with Crippen LogP contribution in [0.5, 0.6) is 0 Å². The molecule has 0 spiro atoms. The predicted molar refractivity (Wildman–Crippen MR) is 70.2 cm³/mol. The first-order chi connectivity index (χ1) is 8.69.